The van der Waals surface area contributed by atoms with E-state index in [4.69, 9.17) is 4.74 Å². The van der Waals surface area contributed by atoms with Crippen LogP contribution in [0.3, 0.4) is 0 Å². The number of amides is 1. The first kappa shape index (κ1) is 15.6. The minimum Gasteiger partial charge on any atom is -0.378 e. The Morgan fingerprint density at radius 3 is 2.39 bits per heavy atom. The molecule has 1 amide bonds. The normalized spacial score (nSPS) is 15.0. The van der Waals surface area contributed by atoms with Crippen LogP contribution in [-0.2, 0) is 4.74 Å². The van der Waals surface area contributed by atoms with Crippen molar-refractivity contribution in [2.45, 2.75) is 19.8 Å². The summed E-state index contributed by atoms with van der Waals surface area (Å²) in [7, 11) is 0. The van der Waals surface area contributed by atoms with Crippen LogP contribution in [0.4, 0.5) is 0 Å². The maximum Gasteiger partial charge on any atom is 0.255 e. The summed E-state index contributed by atoms with van der Waals surface area (Å²) >= 11 is 0. The summed E-state index contributed by atoms with van der Waals surface area (Å²) in [4.78, 5) is 22.9. The van der Waals surface area contributed by atoms with Gasteiger partial charge in [0.2, 0.25) is 0 Å². The Balaban J connectivity index is 1.87. The summed E-state index contributed by atoms with van der Waals surface area (Å²) in [5, 5.41) is 0. The molecule has 0 spiro atoms. The zero-order valence-electron chi connectivity index (χ0n) is 13.5. The molecule has 1 aliphatic heterocycles. The second kappa shape index (κ2) is 6.87. The number of hydrogen-bond acceptors (Lipinski definition) is 4. The number of morpholine rings is 1. The van der Waals surface area contributed by atoms with Gasteiger partial charge in [0.1, 0.15) is 0 Å². The molecule has 2 aromatic rings. The van der Waals surface area contributed by atoms with E-state index in [9.17, 15) is 4.79 Å². The van der Waals surface area contributed by atoms with Gasteiger partial charge in [0.05, 0.1) is 18.8 Å². The first-order valence-electron chi connectivity index (χ1n) is 7.92. The van der Waals surface area contributed by atoms with E-state index in [1.165, 1.54) is 5.56 Å². The van der Waals surface area contributed by atoms with Gasteiger partial charge in [0.15, 0.2) is 0 Å². The average molecular weight is 311 g/mol. The first-order chi connectivity index (χ1) is 11.1. The van der Waals surface area contributed by atoms with Crippen LogP contribution in [0.1, 0.15) is 35.7 Å². The second-order valence-corrected chi connectivity index (χ2v) is 6.03. The van der Waals surface area contributed by atoms with Crippen molar-refractivity contribution in [1.29, 1.82) is 0 Å². The highest BCUT2D eigenvalue weighted by Gasteiger charge is 2.19. The van der Waals surface area contributed by atoms with E-state index in [1.54, 1.807) is 12.4 Å². The lowest BCUT2D eigenvalue weighted by molar-refractivity contribution is 0.0302. The number of rotatable bonds is 3. The lowest BCUT2D eigenvalue weighted by Gasteiger charge is -2.26. The highest BCUT2D eigenvalue weighted by Crippen LogP contribution is 2.23. The van der Waals surface area contributed by atoms with E-state index in [1.807, 2.05) is 23.4 Å². The number of nitrogens with zero attached hydrogens (tertiary/aromatic N) is 3. The Morgan fingerprint density at radius 1 is 1.04 bits per heavy atom. The number of carbonyl (C=O) groups is 1. The van der Waals surface area contributed by atoms with E-state index in [2.05, 4.69) is 29.9 Å². The van der Waals surface area contributed by atoms with Crippen molar-refractivity contribution in [3.8, 4) is 11.1 Å². The summed E-state index contributed by atoms with van der Waals surface area (Å²) in [5.74, 6) is 0.421. The van der Waals surface area contributed by atoms with Gasteiger partial charge >= 0.3 is 0 Å². The van der Waals surface area contributed by atoms with Crippen molar-refractivity contribution in [1.82, 2.24) is 14.9 Å². The molecule has 0 radical (unpaired) electrons. The Labute approximate surface area is 136 Å². The van der Waals surface area contributed by atoms with Crippen LogP contribution in [0.2, 0.25) is 0 Å². The predicted molar refractivity (Wildman–Crippen MR) is 88.3 cm³/mol. The molecular formula is C18H21N3O2. The van der Waals surface area contributed by atoms with Crippen LogP contribution >= 0.6 is 0 Å². The maximum absolute atomic E-state index is 12.6. The molecule has 1 saturated heterocycles. The Bertz CT molecular complexity index is 694. The maximum atomic E-state index is 12.6. The minimum absolute atomic E-state index is 0.00984. The first-order valence-corrected chi connectivity index (χ1v) is 7.92. The number of pyridine rings is 2. The molecule has 23 heavy (non-hydrogen) atoms. The Kier molecular flexibility index (Phi) is 4.67. The van der Waals surface area contributed by atoms with Crippen LogP contribution in [0.15, 0.2) is 36.9 Å². The van der Waals surface area contributed by atoms with Gasteiger partial charge in [-0.25, -0.2) is 0 Å². The number of aromatic nitrogens is 2. The standard InChI is InChI=1S/C18H21N3O2/c1-13(2)14-7-15(10-19-9-14)16-8-17(12-20-11-16)18(22)21-3-5-23-6-4-21/h7-13H,3-6H2,1-2H3. The van der Waals surface area contributed by atoms with E-state index in [0.717, 1.165) is 11.1 Å². The fourth-order valence-electron chi connectivity index (χ4n) is 2.60. The van der Waals surface area contributed by atoms with Crippen molar-refractivity contribution in [3.63, 3.8) is 0 Å². The summed E-state index contributed by atoms with van der Waals surface area (Å²) in [6.07, 6.45) is 7.09. The molecule has 3 rings (SSSR count). The third-order valence-corrected chi connectivity index (χ3v) is 4.04. The van der Waals surface area contributed by atoms with Crippen molar-refractivity contribution < 1.29 is 9.53 Å². The topological polar surface area (TPSA) is 55.3 Å². The lowest BCUT2D eigenvalue weighted by Crippen LogP contribution is -2.40. The summed E-state index contributed by atoms with van der Waals surface area (Å²) in [5.41, 5.74) is 3.69. The molecule has 5 nitrogen and oxygen atoms in total. The van der Waals surface area contributed by atoms with Gasteiger partial charge in [-0.15, -0.1) is 0 Å². The quantitative estimate of drug-likeness (QED) is 0.874. The van der Waals surface area contributed by atoms with Crippen LogP contribution in [0.25, 0.3) is 11.1 Å². The second-order valence-electron chi connectivity index (χ2n) is 6.03. The smallest absolute Gasteiger partial charge is 0.255 e. The Morgan fingerprint density at radius 2 is 1.70 bits per heavy atom. The van der Waals surface area contributed by atoms with Crippen LogP contribution in [-0.4, -0.2) is 47.1 Å². The van der Waals surface area contributed by atoms with Crippen LogP contribution in [0, 0.1) is 0 Å². The number of hydrogen-bond donors (Lipinski definition) is 0. The van der Waals surface area contributed by atoms with Gasteiger partial charge in [0.25, 0.3) is 5.91 Å². The molecule has 1 aliphatic rings. The molecule has 0 atom stereocenters. The molecule has 120 valence electrons. The van der Waals surface area contributed by atoms with Gasteiger partial charge in [-0.3, -0.25) is 14.8 Å². The van der Waals surface area contributed by atoms with Gasteiger partial charge in [-0.1, -0.05) is 13.8 Å². The highest BCUT2D eigenvalue weighted by atomic mass is 16.5. The van der Waals surface area contributed by atoms with Crippen molar-refractivity contribution in [3.05, 3.63) is 48.0 Å². The van der Waals surface area contributed by atoms with Crippen molar-refractivity contribution in [2.24, 2.45) is 0 Å². The fourth-order valence-corrected chi connectivity index (χ4v) is 2.60. The van der Waals surface area contributed by atoms with Gasteiger partial charge in [-0.05, 0) is 23.6 Å². The summed E-state index contributed by atoms with van der Waals surface area (Å²) in [6.45, 7) is 6.73. The molecule has 0 saturated carbocycles. The van der Waals surface area contributed by atoms with E-state index in [-0.39, 0.29) is 5.91 Å². The fraction of sp³-hybridized carbons (Fsp3) is 0.389. The van der Waals surface area contributed by atoms with Crippen molar-refractivity contribution >= 4 is 5.91 Å². The third kappa shape index (κ3) is 3.56. The van der Waals surface area contributed by atoms with E-state index >= 15 is 0 Å². The molecule has 2 aromatic heterocycles. The molecule has 0 aromatic carbocycles. The molecule has 0 bridgehead atoms. The summed E-state index contributed by atoms with van der Waals surface area (Å²) < 4.78 is 5.30. The molecule has 0 N–H and O–H groups in total. The van der Waals surface area contributed by atoms with Gasteiger partial charge < -0.3 is 9.64 Å². The molecule has 0 aliphatic carbocycles. The predicted octanol–water partition coefficient (Wildman–Crippen LogP) is 2.74. The SMILES string of the molecule is CC(C)c1cncc(-c2cncc(C(=O)N3CCOCC3)c2)c1. The van der Waals surface area contributed by atoms with Gasteiger partial charge in [0, 0.05) is 49.0 Å². The molecular weight excluding hydrogens is 290 g/mol. The zero-order chi connectivity index (χ0) is 16.2. The van der Waals surface area contributed by atoms with Crippen molar-refractivity contribution in [2.75, 3.05) is 26.3 Å². The molecule has 5 heteroatoms. The highest BCUT2D eigenvalue weighted by molar-refractivity contribution is 5.95. The largest absolute Gasteiger partial charge is 0.378 e. The Hall–Kier alpha value is -2.27. The van der Waals surface area contributed by atoms with E-state index in [0.29, 0.717) is 37.8 Å². The zero-order valence-corrected chi connectivity index (χ0v) is 13.5. The monoisotopic (exact) mass is 311 g/mol. The van der Waals surface area contributed by atoms with Crippen LogP contribution in [0.5, 0.6) is 0 Å². The number of ether oxygens (including phenoxy) is 1. The summed E-state index contributed by atoms with van der Waals surface area (Å²) in [6, 6.07) is 4.00. The minimum atomic E-state index is 0.00984. The molecule has 1 fully saturated rings. The molecule has 0 unspecified atom stereocenters. The number of carbonyl (C=O) groups excluding carboxylic acids is 1. The van der Waals surface area contributed by atoms with Crippen LogP contribution < -0.4 is 0 Å². The third-order valence-electron chi connectivity index (χ3n) is 4.04. The van der Waals surface area contributed by atoms with E-state index < -0.39 is 0 Å². The van der Waals surface area contributed by atoms with Gasteiger partial charge in [-0.2, -0.15) is 0 Å². The molecule has 3 heterocycles. The lowest BCUT2D eigenvalue weighted by atomic mass is 10.0. The average Bonchev–Trinajstić information content (AvgIpc) is 2.62.